The molecule has 0 bridgehead atoms. The second-order valence-electron chi connectivity index (χ2n) is 3.14. The number of hydrogen-bond acceptors (Lipinski definition) is 2. The fourth-order valence-corrected chi connectivity index (χ4v) is 1.11. The van der Waals surface area contributed by atoms with Gasteiger partial charge in [-0.15, -0.1) is 5.92 Å². The molecule has 14 heavy (non-hydrogen) atoms. The Hall–Kier alpha value is -1.33. The van der Waals surface area contributed by atoms with Gasteiger partial charge in [0.1, 0.15) is 0 Å². The van der Waals surface area contributed by atoms with Crippen molar-refractivity contribution in [3.8, 4) is 11.8 Å². The first kappa shape index (κ1) is 10.7. The summed E-state index contributed by atoms with van der Waals surface area (Å²) in [5.74, 6) is 6.27. The van der Waals surface area contributed by atoms with Crippen LogP contribution in [-0.4, -0.2) is 11.5 Å². The third kappa shape index (κ3) is 4.64. The Bertz CT molecular complexity index is 295. The molecule has 2 nitrogen and oxygen atoms in total. The summed E-state index contributed by atoms with van der Waals surface area (Å²) in [5.41, 5.74) is 6.56. The summed E-state index contributed by atoms with van der Waals surface area (Å²) in [6, 6.07) is 3.98. The van der Waals surface area contributed by atoms with E-state index < -0.39 is 0 Å². The van der Waals surface area contributed by atoms with Crippen LogP contribution in [0.3, 0.4) is 0 Å². The Morgan fingerprint density at radius 2 is 2.21 bits per heavy atom. The Labute approximate surface area is 85.5 Å². The lowest BCUT2D eigenvalue weighted by Gasteiger charge is -1.91. The summed E-state index contributed by atoms with van der Waals surface area (Å²) in [4.78, 5) is 4.03. The van der Waals surface area contributed by atoms with Crippen molar-refractivity contribution in [1.82, 2.24) is 4.98 Å². The van der Waals surface area contributed by atoms with Crippen LogP contribution in [0.1, 0.15) is 24.8 Å². The van der Waals surface area contributed by atoms with E-state index in [-0.39, 0.29) is 0 Å². The lowest BCUT2D eigenvalue weighted by atomic mass is 10.2. The molecule has 0 aliphatic carbocycles. The second-order valence-corrected chi connectivity index (χ2v) is 3.14. The molecule has 1 rings (SSSR count). The summed E-state index contributed by atoms with van der Waals surface area (Å²) >= 11 is 0. The highest BCUT2D eigenvalue weighted by Crippen LogP contribution is 1.96. The van der Waals surface area contributed by atoms with Gasteiger partial charge in [-0.3, -0.25) is 4.98 Å². The molecular weight excluding hydrogens is 172 g/mol. The van der Waals surface area contributed by atoms with Crippen molar-refractivity contribution in [1.29, 1.82) is 0 Å². The molecule has 0 radical (unpaired) electrons. The lowest BCUT2D eigenvalue weighted by molar-refractivity contribution is 0.767. The highest BCUT2D eigenvalue weighted by atomic mass is 14.6. The van der Waals surface area contributed by atoms with Crippen LogP contribution in [-0.2, 0) is 6.42 Å². The monoisotopic (exact) mass is 188 g/mol. The van der Waals surface area contributed by atoms with E-state index in [0.717, 1.165) is 32.2 Å². The van der Waals surface area contributed by atoms with Crippen LogP contribution >= 0.6 is 0 Å². The molecule has 0 aromatic carbocycles. The number of hydrogen-bond donors (Lipinski definition) is 1. The summed E-state index contributed by atoms with van der Waals surface area (Å²) in [7, 11) is 0. The number of rotatable bonds is 4. The Morgan fingerprint density at radius 1 is 1.29 bits per heavy atom. The molecule has 0 spiro atoms. The van der Waals surface area contributed by atoms with E-state index >= 15 is 0 Å². The maximum absolute atomic E-state index is 5.38. The number of nitrogens with two attached hydrogens (primary N) is 1. The largest absolute Gasteiger partial charge is 0.330 e. The predicted molar refractivity (Wildman–Crippen MR) is 58.6 cm³/mol. The zero-order chi connectivity index (χ0) is 10.1. The number of pyridine rings is 1. The zero-order valence-electron chi connectivity index (χ0n) is 8.37. The molecular formula is C12H16N2. The Morgan fingerprint density at radius 3 is 2.93 bits per heavy atom. The minimum Gasteiger partial charge on any atom is -0.330 e. The molecule has 1 heterocycles. The molecule has 0 saturated heterocycles. The van der Waals surface area contributed by atoms with Gasteiger partial charge in [-0.1, -0.05) is 12.0 Å². The van der Waals surface area contributed by atoms with Gasteiger partial charge in [-0.25, -0.2) is 0 Å². The third-order valence-corrected chi connectivity index (χ3v) is 1.90. The standard InChI is InChI=1S/C12H16N2/c13-9-5-3-1-2-4-7-12-8-6-10-14-11-12/h6,8,10-11H,1,3,5,7,9,13H2. The first-order valence-corrected chi connectivity index (χ1v) is 4.98. The van der Waals surface area contributed by atoms with E-state index in [0.29, 0.717) is 0 Å². The maximum atomic E-state index is 5.38. The second kappa shape index (κ2) is 7.11. The fourth-order valence-electron chi connectivity index (χ4n) is 1.11. The van der Waals surface area contributed by atoms with Gasteiger partial charge in [-0.05, 0) is 31.0 Å². The molecule has 74 valence electrons. The minimum atomic E-state index is 0.768. The van der Waals surface area contributed by atoms with Gasteiger partial charge in [0.05, 0.1) is 0 Å². The van der Waals surface area contributed by atoms with Crippen LogP contribution in [0.25, 0.3) is 0 Å². The predicted octanol–water partition coefficient (Wildman–Crippen LogP) is 1.76. The van der Waals surface area contributed by atoms with E-state index in [1.54, 1.807) is 6.20 Å². The van der Waals surface area contributed by atoms with Gasteiger partial charge in [0, 0.05) is 25.2 Å². The molecule has 1 aromatic rings. The van der Waals surface area contributed by atoms with Gasteiger partial charge >= 0.3 is 0 Å². The molecule has 1 aromatic heterocycles. The van der Waals surface area contributed by atoms with Crippen molar-refractivity contribution >= 4 is 0 Å². The Balaban J connectivity index is 2.20. The number of unbranched alkanes of at least 4 members (excludes halogenated alkanes) is 2. The van der Waals surface area contributed by atoms with Crippen LogP contribution in [0.5, 0.6) is 0 Å². The minimum absolute atomic E-state index is 0.768. The highest BCUT2D eigenvalue weighted by molar-refractivity contribution is 5.16. The average molecular weight is 188 g/mol. The molecule has 2 heteroatoms. The quantitative estimate of drug-likeness (QED) is 0.577. The van der Waals surface area contributed by atoms with Crippen LogP contribution in [0, 0.1) is 11.8 Å². The summed E-state index contributed by atoms with van der Waals surface area (Å²) < 4.78 is 0. The third-order valence-electron chi connectivity index (χ3n) is 1.90. The summed E-state index contributed by atoms with van der Waals surface area (Å²) in [6.45, 7) is 0.768. The molecule has 0 aliphatic rings. The normalized spacial score (nSPS) is 9.21. The molecule has 0 aliphatic heterocycles. The molecule has 2 N–H and O–H groups in total. The van der Waals surface area contributed by atoms with Gasteiger partial charge in [0.25, 0.3) is 0 Å². The van der Waals surface area contributed by atoms with Crippen LogP contribution in [0.4, 0.5) is 0 Å². The zero-order valence-corrected chi connectivity index (χ0v) is 8.37. The van der Waals surface area contributed by atoms with E-state index in [1.165, 1.54) is 5.56 Å². The van der Waals surface area contributed by atoms with Gasteiger partial charge in [-0.2, -0.15) is 0 Å². The van der Waals surface area contributed by atoms with Crippen molar-refractivity contribution in [2.75, 3.05) is 6.54 Å². The Kier molecular flexibility index (Phi) is 5.46. The summed E-state index contributed by atoms with van der Waals surface area (Å²) in [5, 5.41) is 0. The van der Waals surface area contributed by atoms with E-state index in [9.17, 15) is 0 Å². The van der Waals surface area contributed by atoms with Crippen molar-refractivity contribution in [2.45, 2.75) is 25.7 Å². The maximum Gasteiger partial charge on any atom is 0.0355 e. The highest BCUT2D eigenvalue weighted by Gasteiger charge is 1.86. The molecule has 0 fully saturated rings. The van der Waals surface area contributed by atoms with Crippen LogP contribution in [0.2, 0.25) is 0 Å². The van der Waals surface area contributed by atoms with Crippen molar-refractivity contribution < 1.29 is 0 Å². The SMILES string of the molecule is NCCCCC#CCc1cccnc1. The number of nitrogens with zero attached hydrogens (tertiary/aromatic N) is 1. The van der Waals surface area contributed by atoms with Crippen LogP contribution < -0.4 is 5.73 Å². The van der Waals surface area contributed by atoms with E-state index in [2.05, 4.69) is 16.8 Å². The van der Waals surface area contributed by atoms with E-state index in [1.807, 2.05) is 18.3 Å². The van der Waals surface area contributed by atoms with Crippen LogP contribution in [0.15, 0.2) is 24.5 Å². The van der Waals surface area contributed by atoms with Crippen molar-refractivity contribution in [3.63, 3.8) is 0 Å². The van der Waals surface area contributed by atoms with Gasteiger partial charge in [0.15, 0.2) is 0 Å². The van der Waals surface area contributed by atoms with Gasteiger partial charge in [0.2, 0.25) is 0 Å². The van der Waals surface area contributed by atoms with Crippen molar-refractivity contribution in [2.24, 2.45) is 5.73 Å². The molecule has 0 saturated carbocycles. The first-order valence-electron chi connectivity index (χ1n) is 4.98. The first-order chi connectivity index (χ1) is 6.93. The fraction of sp³-hybridized carbons (Fsp3) is 0.417. The topological polar surface area (TPSA) is 38.9 Å². The van der Waals surface area contributed by atoms with Crippen molar-refractivity contribution in [3.05, 3.63) is 30.1 Å². The summed E-state index contributed by atoms with van der Waals surface area (Å²) in [6.07, 6.45) is 7.57. The molecule has 0 atom stereocenters. The van der Waals surface area contributed by atoms with Gasteiger partial charge < -0.3 is 5.73 Å². The number of aromatic nitrogens is 1. The average Bonchev–Trinajstić information content (AvgIpc) is 2.25. The van der Waals surface area contributed by atoms with E-state index in [4.69, 9.17) is 5.73 Å². The lowest BCUT2D eigenvalue weighted by Crippen LogP contribution is -1.96. The molecule has 0 amide bonds. The smallest absolute Gasteiger partial charge is 0.0355 e. The molecule has 0 unspecified atom stereocenters.